The van der Waals surface area contributed by atoms with Crippen LogP contribution in [-0.4, -0.2) is 28.9 Å². The Labute approximate surface area is 126 Å². The molecule has 1 aliphatic rings. The van der Waals surface area contributed by atoms with Crippen LogP contribution in [0.3, 0.4) is 0 Å². The summed E-state index contributed by atoms with van der Waals surface area (Å²) in [5.41, 5.74) is 2.76. The number of aryl methyl sites for hydroxylation is 1. The van der Waals surface area contributed by atoms with Gasteiger partial charge in [-0.05, 0) is 42.9 Å². The van der Waals surface area contributed by atoms with Crippen molar-refractivity contribution in [1.29, 1.82) is 0 Å². The predicted octanol–water partition coefficient (Wildman–Crippen LogP) is 3.54. The van der Waals surface area contributed by atoms with Gasteiger partial charge in [0.25, 0.3) is 5.82 Å². The largest absolute Gasteiger partial charge is 0.453 e. The zero-order chi connectivity index (χ0) is 16.1. The number of hydrogen-bond donors (Lipinski definition) is 0. The molecule has 7 heteroatoms. The van der Waals surface area contributed by atoms with Crippen LogP contribution in [0.1, 0.15) is 35.7 Å². The van der Waals surface area contributed by atoms with E-state index >= 15 is 0 Å². The lowest BCUT2D eigenvalue weighted by Gasteiger charge is -2.14. The van der Waals surface area contributed by atoms with Crippen molar-refractivity contribution in [1.82, 2.24) is 14.8 Å². The molecule has 1 aromatic heterocycles. The molecule has 0 spiro atoms. The summed E-state index contributed by atoms with van der Waals surface area (Å²) < 4.78 is 39.9. The summed E-state index contributed by atoms with van der Waals surface area (Å²) in [5, 5.41) is 3.66. The van der Waals surface area contributed by atoms with Gasteiger partial charge in [0.1, 0.15) is 0 Å². The number of benzene rings is 1. The van der Waals surface area contributed by atoms with Gasteiger partial charge in [-0.3, -0.25) is 0 Å². The highest BCUT2D eigenvalue weighted by Crippen LogP contribution is 2.41. The van der Waals surface area contributed by atoms with E-state index in [-0.39, 0.29) is 5.95 Å². The highest BCUT2D eigenvalue weighted by atomic mass is 19.4. The van der Waals surface area contributed by atoms with Gasteiger partial charge in [-0.25, -0.2) is 0 Å². The summed E-state index contributed by atoms with van der Waals surface area (Å²) in [6.07, 6.45) is -2.19. The van der Waals surface area contributed by atoms with E-state index < -0.39 is 12.0 Å². The minimum Gasteiger partial charge on any atom is -0.347 e. The summed E-state index contributed by atoms with van der Waals surface area (Å²) in [4.78, 5) is 5.15. The maximum atomic E-state index is 12.9. The zero-order valence-corrected chi connectivity index (χ0v) is 12.6. The second kappa shape index (κ2) is 5.00. The molecule has 1 heterocycles. The Bertz CT molecular complexity index is 699. The summed E-state index contributed by atoms with van der Waals surface area (Å²) in [7, 11) is 3.29. The van der Waals surface area contributed by atoms with Crippen LogP contribution >= 0.6 is 0 Å². The van der Waals surface area contributed by atoms with Crippen LogP contribution in [0, 0.1) is 6.92 Å². The first-order valence-electron chi connectivity index (χ1n) is 7.10. The second-order valence-electron chi connectivity index (χ2n) is 5.86. The Hall–Kier alpha value is -2.05. The zero-order valence-electron chi connectivity index (χ0n) is 12.6. The fourth-order valence-electron chi connectivity index (χ4n) is 2.46. The Morgan fingerprint density at radius 3 is 2.41 bits per heavy atom. The third-order valence-electron chi connectivity index (χ3n) is 3.74. The number of anilines is 1. The molecule has 0 saturated heterocycles. The molecule has 0 N–H and O–H groups in total. The summed E-state index contributed by atoms with van der Waals surface area (Å²) in [6, 6.07) is 5.82. The van der Waals surface area contributed by atoms with Gasteiger partial charge in [-0.2, -0.15) is 22.8 Å². The van der Waals surface area contributed by atoms with Crippen molar-refractivity contribution in [3.05, 3.63) is 35.2 Å². The SMILES string of the molecule is Cc1cc(C2CC2)ccc1-n1nc(C(F)(F)F)nc1N(C)C. The number of halogens is 3. The molecule has 1 saturated carbocycles. The van der Waals surface area contributed by atoms with E-state index in [1.54, 1.807) is 14.1 Å². The van der Waals surface area contributed by atoms with Crippen LogP contribution in [0.2, 0.25) is 0 Å². The average molecular weight is 310 g/mol. The third-order valence-corrected chi connectivity index (χ3v) is 3.74. The van der Waals surface area contributed by atoms with Crippen molar-refractivity contribution in [3.8, 4) is 5.69 Å². The number of alkyl halides is 3. The molecule has 0 amide bonds. The third kappa shape index (κ3) is 2.67. The van der Waals surface area contributed by atoms with Gasteiger partial charge in [0, 0.05) is 14.1 Å². The lowest BCUT2D eigenvalue weighted by Crippen LogP contribution is -2.15. The molecule has 22 heavy (non-hydrogen) atoms. The van der Waals surface area contributed by atoms with Gasteiger partial charge in [-0.15, -0.1) is 5.10 Å². The van der Waals surface area contributed by atoms with E-state index in [0.29, 0.717) is 11.6 Å². The summed E-state index contributed by atoms with van der Waals surface area (Å²) in [5.74, 6) is -0.362. The maximum absolute atomic E-state index is 12.9. The van der Waals surface area contributed by atoms with Crippen molar-refractivity contribution in [2.24, 2.45) is 0 Å². The molecule has 0 radical (unpaired) electrons. The van der Waals surface area contributed by atoms with E-state index in [9.17, 15) is 13.2 Å². The molecular formula is C15H17F3N4. The van der Waals surface area contributed by atoms with Gasteiger partial charge >= 0.3 is 6.18 Å². The quantitative estimate of drug-likeness (QED) is 0.869. The molecule has 4 nitrogen and oxygen atoms in total. The van der Waals surface area contributed by atoms with Crippen molar-refractivity contribution in [2.45, 2.75) is 31.9 Å². The lowest BCUT2D eigenvalue weighted by atomic mass is 10.1. The Morgan fingerprint density at radius 2 is 1.91 bits per heavy atom. The van der Waals surface area contributed by atoms with E-state index in [1.165, 1.54) is 28.0 Å². The number of aromatic nitrogens is 3. The normalized spacial score (nSPS) is 15.2. The minimum atomic E-state index is -4.56. The van der Waals surface area contributed by atoms with Crippen LogP contribution < -0.4 is 4.90 Å². The number of hydrogen-bond acceptors (Lipinski definition) is 3. The van der Waals surface area contributed by atoms with Crippen LogP contribution in [0.5, 0.6) is 0 Å². The smallest absolute Gasteiger partial charge is 0.347 e. The molecule has 118 valence electrons. The average Bonchev–Trinajstić information content (AvgIpc) is 3.15. The summed E-state index contributed by atoms with van der Waals surface area (Å²) in [6.45, 7) is 1.88. The molecule has 2 aromatic rings. The topological polar surface area (TPSA) is 34.0 Å². The Morgan fingerprint density at radius 1 is 1.23 bits per heavy atom. The van der Waals surface area contributed by atoms with Crippen LogP contribution in [0.4, 0.5) is 19.1 Å². The van der Waals surface area contributed by atoms with Gasteiger partial charge in [0.15, 0.2) is 0 Å². The van der Waals surface area contributed by atoms with Crippen molar-refractivity contribution in [3.63, 3.8) is 0 Å². The van der Waals surface area contributed by atoms with E-state index in [1.807, 2.05) is 25.1 Å². The molecule has 0 unspecified atom stereocenters. The fraction of sp³-hybridized carbons (Fsp3) is 0.467. The van der Waals surface area contributed by atoms with E-state index in [2.05, 4.69) is 10.1 Å². The molecule has 0 atom stereocenters. The van der Waals surface area contributed by atoms with Crippen molar-refractivity contribution in [2.75, 3.05) is 19.0 Å². The Kier molecular flexibility index (Phi) is 3.38. The molecule has 3 rings (SSSR count). The van der Waals surface area contributed by atoms with E-state index in [0.717, 1.165) is 5.56 Å². The maximum Gasteiger partial charge on any atom is 0.453 e. The standard InChI is InChI=1S/C15H17F3N4/c1-9-8-11(10-4-5-10)6-7-12(9)22-14(21(2)3)19-13(20-22)15(16,17)18/h6-8,10H,4-5H2,1-3H3. The first-order valence-corrected chi connectivity index (χ1v) is 7.10. The Balaban J connectivity index is 2.08. The van der Waals surface area contributed by atoms with Gasteiger partial charge in [-0.1, -0.05) is 12.1 Å². The monoisotopic (exact) mass is 310 g/mol. The molecule has 1 fully saturated rings. The minimum absolute atomic E-state index is 0.162. The fourth-order valence-corrected chi connectivity index (χ4v) is 2.46. The summed E-state index contributed by atoms with van der Waals surface area (Å²) >= 11 is 0. The van der Waals surface area contributed by atoms with E-state index in [4.69, 9.17) is 0 Å². The highest BCUT2D eigenvalue weighted by Gasteiger charge is 2.37. The van der Waals surface area contributed by atoms with Gasteiger partial charge in [0.05, 0.1) is 5.69 Å². The lowest BCUT2D eigenvalue weighted by molar-refractivity contribution is -0.144. The van der Waals surface area contributed by atoms with Gasteiger partial charge < -0.3 is 4.90 Å². The first-order chi connectivity index (χ1) is 10.3. The number of nitrogens with zero attached hydrogens (tertiary/aromatic N) is 4. The van der Waals surface area contributed by atoms with Crippen LogP contribution in [-0.2, 0) is 6.18 Å². The highest BCUT2D eigenvalue weighted by molar-refractivity contribution is 5.48. The first kappa shape index (κ1) is 14.9. The molecule has 1 aliphatic carbocycles. The molecule has 1 aromatic carbocycles. The predicted molar refractivity (Wildman–Crippen MR) is 77.4 cm³/mol. The van der Waals surface area contributed by atoms with Crippen LogP contribution in [0.25, 0.3) is 5.69 Å². The second-order valence-corrected chi connectivity index (χ2v) is 5.86. The molecule has 0 bridgehead atoms. The van der Waals surface area contributed by atoms with Crippen LogP contribution in [0.15, 0.2) is 18.2 Å². The van der Waals surface area contributed by atoms with Crippen molar-refractivity contribution >= 4 is 5.95 Å². The molecule has 0 aliphatic heterocycles. The van der Waals surface area contributed by atoms with Gasteiger partial charge in [0.2, 0.25) is 5.95 Å². The van der Waals surface area contributed by atoms with Crippen molar-refractivity contribution < 1.29 is 13.2 Å². The number of rotatable bonds is 3. The molecular weight excluding hydrogens is 293 g/mol.